The molecule has 3 aromatic rings. The summed E-state index contributed by atoms with van der Waals surface area (Å²) in [7, 11) is 0. The molecule has 0 aliphatic carbocycles. The zero-order valence-electron chi connectivity index (χ0n) is 17.1. The molecule has 2 amide bonds. The van der Waals surface area contributed by atoms with Crippen LogP contribution >= 0.6 is 11.3 Å². The molecule has 1 aromatic heterocycles. The number of carbonyl (C=O) groups excluding carboxylic acids is 2. The SMILES string of the molecule is CCNC(=O)C1(Cc2ccc(-c3cccs3)cc2)CCN(C(=O)c2ccccc2)C1. The van der Waals surface area contributed by atoms with E-state index >= 15 is 0 Å². The first-order valence-corrected chi connectivity index (χ1v) is 11.2. The van der Waals surface area contributed by atoms with Gasteiger partial charge in [-0.05, 0) is 54.5 Å². The van der Waals surface area contributed by atoms with E-state index in [0.717, 1.165) is 5.56 Å². The minimum absolute atomic E-state index is 0.00480. The van der Waals surface area contributed by atoms with Crippen molar-refractivity contribution in [2.24, 2.45) is 5.41 Å². The van der Waals surface area contributed by atoms with E-state index in [-0.39, 0.29) is 11.8 Å². The van der Waals surface area contributed by atoms with Gasteiger partial charge >= 0.3 is 0 Å². The van der Waals surface area contributed by atoms with Gasteiger partial charge in [-0.2, -0.15) is 0 Å². The number of hydrogen-bond acceptors (Lipinski definition) is 3. The highest BCUT2D eigenvalue weighted by molar-refractivity contribution is 7.13. The number of thiophene rings is 1. The largest absolute Gasteiger partial charge is 0.356 e. The first-order valence-electron chi connectivity index (χ1n) is 10.4. The summed E-state index contributed by atoms with van der Waals surface area (Å²) in [5.41, 5.74) is 2.39. The van der Waals surface area contributed by atoms with Crippen molar-refractivity contribution in [3.63, 3.8) is 0 Å². The molecule has 1 N–H and O–H groups in total. The third kappa shape index (κ3) is 4.17. The number of nitrogens with zero attached hydrogens (tertiary/aromatic N) is 1. The molecule has 5 heteroatoms. The normalized spacial score (nSPS) is 18.4. The lowest BCUT2D eigenvalue weighted by Crippen LogP contribution is -2.45. The van der Waals surface area contributed by atoms with Crippen molar-refractivity contribution >= 4 is 23.2 Å². The molecule has 1 aliphatic rings. The minimum Gasteiger partial charge on any atom is -0.356 e. The van der Waals surface area contributed by atoms with Gasteiger partial charge in [0.25, 0.3) is 5.91 Å². The molecule has 1 unspecified atom stereocenters. The van der Waals surface area contributed by atoms with Gasteiger partial charge in [-0.1, -0.05) is 48.5 Å². The van der Waals surface area contributed by atoms with Crippen molar-refractivity contribution in [3.05, 3.63) is 83.2 Å². The van der Waals surface area contributed by atoms with Gasteiger partial charge in [0.2, 0.25) is 5.91 Å². The van der Waals surface area contributed by atoms with Gasteiger partial charge in [-0.3, -0.25) is 9.59 Å². The van der Waals surface area contributed by atoms with Crippen molar-refractivity contribution in [3.8, 4) is 10.4 Å². The standard InChI is InChI=1S/C25H26N2O2S/c1-2-26-24(29)25(14-15-27(18-25)23(28)21-7-4-3-5-8-21)17-19-10-12-20(13-11-19)22-9-6-16-30-22/h3-13,16H,2,14-15,17-18H2,1H3,(H,26,29). The minimum atomic E-state index is -0.592. The summed E-state index contributed by atoms with van der Waals surface area (Å²) in [5.74, 6) is 0.0329. The highest BCUT2D eigenvalue weighted by Gasteiger charge is 2.45. The lowest BCUT2D eigenvalue weighted by molar-refractivity contribution is -0.130. The Balaban J connectivity index is 1.55. The number of amides is 2. The third-order valence-electron chi connectivity index (χ3n) is 5.78. The lowest BCUT2D eigenvalue weighted by atomic mass is 9.79. The van der Waals surface area contributed by atoms with Gasteiger partial charge in [0.05, 0.1) is 5.41 Å². The van der Waals surface area contributed by atoms with Crippen LogP contribution in [-0.2, 0) is 11.2 Å². The molecule has 154 valence electrons. The number of hydrogen-bond donors (Lipinski definition) is 1. The molecule has 4 rings (SSSR count). The summed E-state index contributed by atoms with van der Waals surface area (Å²) >= 11 is 1.72. The molecule has 0 spiro atoms. The maximum Gasteiger partial charge on any atom is 0.253 e. The lowest BCUT2D eigenvalue weighted by Gasteiger charge is -2.28. The van der Waals surface area contributed by atoms with Gasteiger partial charge in [-0.25, -0.2) is 0 Å². The van der Waals surface area contributed by atoms with Crippen molar-refractivity contribution in [2.45, 2.75) is 19.8 Å². The second-order valence-corrected chi connectivity index (χ2v) is 8.78. The van der Waals surface area contributed by atoms with Crippen LogP contribution in [0.4, 0.5) is 0 Å². The van der Waals surface area contributed by atoms with Gasteiger partial charge in [0.1, 0.15) is 0 Å². The maximum absolute atomic E-state index is 13.1. The Labute approximate surface area is 181 Å². The highest BCUT2D eigenvalue weighted by atomic mass is 32.1. The first-order chi connectivity index (χ1) is 14.6. The van der Waals surface area contributed by atoms with E-state index < -0.39 is 5.41 Å². The van der Waals surface area contributed by atoms with E-state index in [1.807, 2.05) is 42.2 Å². The number of benzene rings is 2. The summed E-state index contributed by atoms with van der Waals surface area (Å²) in [6.07, 6.45) is 1.30. The average Bonchev–Trinajstić information content (AvgIpc) is 3.46. The maximum atomic E-state index is 13.1. The van der Waals surface area contributed by atoms with Crippen LogP contribution in [-0.4, -0.2) is 36.3 Å². The molecule has 4 nitrogen and oxygen atoms in total. The van der Waals surface area contributed by atoms with Crippen LogP contribution in [0.25, 0.3) is 10.4 Å². The Bertz CT molecular complexity index is 999. The second kappa shape index (κ2) is 8.84. The van der Waals surface area contributed by atoms with E-state index in [4.69, 9.17) is 0 Å². The van der Waals surface area contributed by atoms with Gasteiger partial charge in [-0.15, -0.1) is 11.3 Å². The van der Waals surface area contributed by atoms with E-state index in [1.54, 1.807) is 11.3 Å². The Morgan fingerprint density at radius 1 is 1.03 bits per heavy atom. The molecule has 1 saturated heterocycles. The fraction of sp³-hybridized carbons (Fsp3) is 0.280. The topological polar surface area (TPSA) is 49.4 Å². The van der Waals surface area contributed by atoms with Crippen LogP contribution in [0, 0.1) is 5.41 Å². The van der Waals surface area contributed by atoms with Gasteiger partial charge < -0.3 is 10.2 Å². The summed E-state index contributed by atoms with van der Waals surface area (Å²) < 4.78 is 0. The molecule has 1 aliphatic heterocycles. The average molecular weight is 419 g/mol. The number of likely N-dealkylation sites (tertiary alicyclic amines) is 1. The monoisotopic (exact) mass is 418 g/mol. The van der Waals surface area contributed by atoms with Crippen LogP contribution in [0.15, 0.2) is 72.1 Å². The number of carbonyl (C=O) groups is 2. The van der Waals surface area contributed by atoms with Crippen molar-refractivity contribution in [1.29, 1.82) is 0 Å². The van der Waals surface area contributed by atoms with Crippen LogP contribution in [0.2, 0.25) is 0 Å². The predicted molar refractivity (Wildman–Crippen MR) is 122 cm³/mol. The fourth-order valence-corrected chi connectivity index (χ4v) is 4.92. The van der Waals surface area contributed by atoms with E-state index in [9.17, 15) is 9.59 Å². The molecule has 0 bridgehead atoms. The molecule has 2 aromatic carbocycles. The van der Waals surface area contributed by atoms with Crippen molar-refractivity contribution in [1.82, 2.24) is 10.2 Å². The molecular weight excluding hydrogens is 392 g/mol. The Hall–Kier alpha value is -2.92. The zero-order chi connectivity index (χ0) is 21.0. The third-order valence-corrected chi connectivity index (χ3v) is 6.70. The Kier molecular flexibility index (Phi) is 6.00. The van der Waals surface area contributed by atoms with E-state index in [2.05, 4.69) is 47.1 Å². The molecule has 1 atom stereocenters. The highest BCUT2D eigenvalue weighted by Crippen LogP contribution is 2.36. The van der Waals surface area contributed by atoms with Crippen molar-refractivity contribution < 1.29 is 9.59 Å². The van der Waals surface area contributed by atoms with Gasteiger partial charge in [0, 0.05) is 30.1 Å². The van der Waals surface area contributed by atoms with Crippen LogP contribution in [0.5, 0.6) is 0 Å². The van der Waals surface area contributed by atoms with Crippen LogP contribution < -0.4 is 5.32 Å². The molecule has 0 radical (unpaired) electrons. The molecule has 1 fully saturated rings. The van der Waals surface area contributed by atoms with E-state index in [0.29, 0.717) is 38.0 Å². The summed E-state index contributed by atoms with van der Waals surface area (Å²) in [4.78, 5) is 29.1. The summed E-state index contributed by atoms with van der Waals surface area (Å²) in [6, 6.07) is 21.9. The summed E-state index contributed by atoms with van der Waals surface area (Å²) in [6.45, 7) is 3.56. The number of rotatable bonds is 6. The van der Waals surface area contributed by atoms with Crippen LogP contribution in [0.1, 0.15) is 29.3 Å². The van der Waals surface area contributed by atoms with Crippen molar-refractivity contribution in [2.75, 3.05) is 19.6 Å². The smallest absolute Gasteiger partial charge is 0.253 e. The molecule has 30 heavy (non-hydrogen) atoms. The summed E-state index contributed by atoms with van der Waals surface area (Å²) in [5, 5.41) is 5.08. The second-order valence-electron chi connectivity index (χ2n) is 7.83. The molecule has 2 heterocycles. The fourth-order valence-electron chi connectivity index (χ4n) is 4.19. The molecular formula is C25H26N2O2S. The zero-order valence-corrected chi connectivity index (χ0v) is 18.0. The first kappa shape index (κ1) is 20.4. The van der Waals surface area contributed by atoms with Gasteiger partial charge in [0.15, 0.2) is 0 Å². The quantitative estimate of drug-likeness (QED) is 0.635. The van der Waals surface area contributed by atoms with Crippen LogP contribution in [0.3, 0.4) is 0 Å². The Morgan fingerprint density at radius 3 is 2.47 bits per heavy atom. The number of nitrogens with one attached hydrogen (secondary N) is 1. The Morgan fingerprint density at radius 2 is 1.80 bits per heavy atom. The van der Waals surface area contributed by atoms with E-state index in [1.165, 1.54) is 10.4 Å². The predicted octanol–water partition coefficient (Wildman–Crippen LogP) is 4.63. The molecule has 0 saturated carbocycles.